The Morgan fingerprint density at radius 1 is 1.19 bits per heavy atom. The molecule has 1 aromatic carbocycles. The molecule has 0 aliphatic carbocycles. The topological polar surface area (TPSA) is 121 Å². The van der Waals surface area contributed by atoms with E-state index in [1.54, 1.807) is 6.07 Å². The zero-order valence-corrected chi connectivity index (χ0v) is 25.1. The van der Waals surface area contributed by atoms with Gasteiger partial charge in [0.25, 0.3) is 5.92 Å². The third-order valence-electron chi connectivity index (χ3n) is 8.09. The maximum Gasteiger partial charge on any atom is 0.290 e. The van der Waals surface area contributed by atoms with Crippen molar-refractivity contribution in [3.8, 4) is 0 Å². The SMILES string of the molecule is CC(C)c1ccc(N2C[C@H](CS(C)(=O)=O)[C@H]2C)c2cnc(Nc3ccnc(N4CCC(OCCO)C(F)(F)C4)n3)cc12. The van der Waals surface area contributed by atoms with Crippen LogP contribution >= 0.6 is 0 Å². The second kappa shape index (κ2) is 11.8. The van der Waals surface area contributed by atoms with E-state index in [0.717, 1.165) is 22.0 Å². The lowest BCUT2D eigenvalue weighted by molar-refractivity contribution is -0.146. The van der Waals surface area contributed by atoms with Crippen molar-refractivity contribution in [3.63, 3.8) is 0 Å². The minimum absolute atomic E-state index is 0.0829. The number of hydrogen-bond donors (Lipinski definition) is 2. The molecule has 3 aromatic rings. The van der Waals surface area contributed by atoms with E-state index in [1.165, 1.54) is 17.4 Å². The van der Waals surface area contributed by atoms with E-state index in [0.29, 0.717) is 24.7 Å². The Morgan fingerprint density at radius 2 is 1.98 bits per heavy atom. The number of anilines is 4. The molecule has 2 aromatic heterocycles. The largest absolute Gasteiger partial charge is 0.394 e. The van der Waals surface area contributed by atoms with E-state index in [4.69, 9.17) is 9.84 Å². The van der Waals surface area contributed by atoms with Gasteiger partial charge in [-0.05, 0) is 48.4 Å². The highest BCUT2D eigenvalue weighted by Gasteiger charge is 2.46. The number of alkyl halides is 2. The number of pyridine rings is 1. The molecule has 2 N–H and O–H groups in total. The van der Waals surface area contributed by atoms with Gasteiger partial charge in [0.15, 0.2) is 0 Å². The molecule has 5 rings (SSSR count). The molecule has 10 nitrogen and oxygen atoms in total. The Bertz CT molecular complexity index is 1540. The maximum absolute atomic E-state index is 14.7. The minimum atomic E-state index is -3.11. The van der Waals surface area contributed by atoms with Gasteiger partial charge in [-0.2, -0.15) is 4.98 Å². The molecular formula is C29H38F2N6O4S. The van der Waals surface area contributed by atoms with Crippen LogP contribution < -0.4 is 15.1 Å². The predicted octanol–water partition coefficient (Wildman–Crippen LogP) is 3.98. The zero-order valence-electron chi connectivity index (χ0n) is 24.3. The number of aromatic nitrogens is 3. The van der Waals surface area contributed by atoms with Crippen molar-refractivity contribution in [1.82, 2.24) is 15.0 Å². The van der Waals surface area contributed by atoms with Crippen molar-refractivity contribution < 1.29 is 27.0 Å². The number of halogens is 2. The number of fused-ring (bicyclic) bond motifs is 1. The molecule has 13 heteroatoms. The molecule has 228 valence electrons. The van der Waals surface area contributed by atoms with E-state index in [2.05, 4.69) is 58.1 Å². The van der Waals surface area contributed by atoms with E-state index >= 15 is 0 Å². The lowest BCUT2D eigenvalue weighted by atomic mass is 9.88. The van der Waals surface area contributed by atoms with Crippen LogP contribution in [0.5, 0.6) is 0 Å². The van der Waals surface area contributed by atoms with E-state index < -0.39 is 28.4 Å². The molecule has 0 spiro atoms. The van der Waals surface area contributed by atoms with Crippen LogP contribution in [0.1, 0.15) is 38.7 Å². The summed E-state index contributed by atoms with van der Waals surface area (Å²) >= 11 is 0. The molecule has 2 saturated heterocycles. The third-order valence-corrected chi connectivity index (χ3v) is 9.12. The summed E-state index contributed by atoms with van der Waals surface area (Å²) in [6, 6.07) is 7.91. The molecule has 42 heavy (non-hydrogen) atoms. The van der Waals surface area contributed by atoms with Crippen molar-refractivity contribution in [3.05, 3.63) is 42.2 Å². The van der Waals surface area contributed by atoms with Gasteiger partial charge >= 0.3 is 0 Å². The van der Waals surface area contributed by atoms with Crippen LogP contribution in [0.25, 0.3) is 10.8 Å². The van der Waals surface area contributed by atoms with Gasteiger partial charge < -0.3 is 25.0 Å². The summed E-state index contributed by atoms with van der Waals surface area (Å²) in [4.78, 5) is 17.0. The first kappa shape index (κ1) is 30.3. The molecule has 3 atom stereocenters. The van der Waals surface area contributed by atoms with Crippen LogP contribution in [0.3, 0.4) is 0 Å². The molecule has 2 aliphatic heterocycles. The van der Waals surface area contributed by atoms with Gasteiger partial charge in [0, 0.05) is 54.8 Å². The minimum Gasteiger partial charge on any atom is -0.394 e. The molecule has 4 heterocycles. The van der Waals surface area contributed by atoms with Crippen LogP contribution in [-0.2, 0) is 14.6 Å². The summed E-state index contributed by atoms with van der Waals surface area (Å²) in [6.07, 6.45) is 3.45. The highest BCUT2D eigenvalue weighted by atomic mass is 32.2. The fourth-order valence-electron chi connectivity index (χ4n) is 5.85. The second-order valence-corrected chi connectivity index (χ2v) is 13.8. The van der Waals surface area contributed by atoms with Gasteiger partial charge in [0.05, 0.1) is 25.5 Å². The van der Waals surface area contributed by atoms with Gasteiger partial charge in [-0.25, -0.2) is 27.2 Å². The first-order valence-corrected chi connectivity index (χ1v) is 16.2. The fourth-order valence-corrected chi connectivity index (χ4v) is 7.01. The van der Waals surface area contributed by atoms with Gasteiger partial charge in [-0.3, -0.25) is 0 Å². The summed E-state index contributed by atoms with van der Waals surface area (Å²) in [7, 11) is -3.05. The Hall–Kier alpha value is -3.16. The van der Waals surface area contributed by atoms with E-state index in [1.807, 2.05) is 12.3 Å². The number of benzene rings is 1. The molecular weight excluding hydrogens is 566 g/mol. The standard InChI is InChI=1S/C29H38F2N6O4S/c1-18(2)21-5-6-24(37-15-20(19(37)3)16-42(4,39)40)23-14-33-27(13-22(21)23)34-26-7-9-32-28(35-26)36-10-8-25(41-12-11-38)29(30,31)17-36/h5-7,9,13-14,18-20,25,38H,8,10-12,15-17H2,1-4H3,(H,32,33,34,35)/t19-,20-,25?/m1/s1. The van der Waals surface area contributed by atoms with Crippen molar-refractivity contribution in [2.75, 3.05) is 60.0 Å². The van der Waals surface area contributed by atoms with Crippen LogP contribution in [0, 0.1) is 5.92 Å². The smallest absolute Gasteiger partial charge is 0.290 e. The molecule has 1 unspecified atom stereocenters. The summed E-state index contributed by atoms with van der Waals surface area (Å²) in [5.41, 5.74) is 2.17. The molecule has 0 saturated carbocycles. The maximum atomic E-state index is 14.7. The number of nitrogens with zero attached hydrogens (tertiary/aromatic N) is 5. The lowest BCUT2D eigenvalue weighted by Gasteiger charge is -2.48. The van der Waals surface area contributed by atoms with Gasteiger partial charge in [0.1, 0.15) is 27.6 Å². The monoisotopic (exact) mass is 604 g/mol. The summed E-state index contributed by atoms with van der Waals surface area (Å²) in [5.74, 6) is -1.44. The molecule has 0 bridgehead atoms. The third kappa shape index (κ3) is 6.42. The Kier molecular flexibility index (Phi) is 8.55. The normalized spacial score (nSPS) is 22.4. The zero-order chi connectivity index (χ0) is 30.2. The number of rotatable bonds is 10. The van der Waals surface area contributed by atoms with Gasteiger partial charge in [0.2, 0.25) is 5.95 Å². The molecule has 0 radical (unpaired) electrons. The van der Waals surface area contributed by atoms with Crippen molar-refractivity contribution in [1.29, 1.82) is 0 Å². The fraction of sp³-hybridized carbons (Fsp3) is 0.552. The highest BCUT2D eigenvalue weighted by Crippen LogP contribution is 2.40. The van der Waals surface area contributed by atoms with Crippen LogP contribution in [-0.4, -0.2) is 91.4 Å². The summed E-state index contributed by atoms with van der Waals surface area (Å²) < 4.78 is 58.2. The number of aliphatic hydroxyl groups excluding tert-OH is 1. The Labute approximate surface area is 245 Å². The Morgan fingerprint density at radius 3 is 2.64 bits per heavy atom. The average Bonchev–Trinajstić information content (AvgIpc) is 2.93. The van der Waals surface area contributed by atoms with Crippen LogP contribution in [0.15, 0.2) is 36.7 Å². The Balaban J connectivity index is 1.37. The van der Waals surface area contributed by atoms with Gasteiger partial charge in [-0.1, -0.05) is 19.9 Å². The number of piperidine rings is 1. The van der Waals surface area contributed by atoms with Crippen LogP contribution in [0.2, 0.25) is 0 Å². The highest BCUT2D eigenvalue weighted by molar-refractivity contribution is 7.90. The van der Waals surface area contributed by atoms with Crippen molar-refractivity contribution >= 4 is 43.9 Å². The molecule has 0 amide bonds. The van der Waals surface area contributed by atoms with Crippen molar-refractivity contribution in [2.24, 2.45) is 5.92 Å². The lowest BCUT2D eigenvalue weighted by Crippen LogP contribution is -2.57. The number of hydrogen-bond acceptors (Lipinski definition) is 10. The number of aliphatic hydroxyl groups is 1. The number of sulfone groups is 1. The van der Waals surface area contributed by atoms with Crippen LogP contribution in [0.4, 0.5) is 32.1 Å². The summed E-state index contributed by atoms with van der Waals surface area (Å²) in [6.45, 7) is 6.25. The number of nitrogens with one attached hydrogen (secondary N) is 1. The molecule has 2 aliphatic rings. The van der Waals surface area contributed by atoms with Crippen molar-refractivity contribution in [2.45, 2.75) is 51.2 Å². The first-order valence-electron chi connectivity index (χ1n) is 14.2. The van der Waals surface area contributed by atoms with Gasteiger partial charge in [-0.15, -0.1) is 0 Å². The summed E-state index contributed by atoms with van der Waals surface area (Å²) in [5, 5.41) is 14.1. The quantitative estimate of drug-likeness (QED) is 0.352. The predicted molar refractivity (Wildman–Crippen MR) is 160 cm³/mol. The van der Waals surface area contributed by atoms with E-state index in [-0.39, 0.29) is 49.2 Å². The molecule has 2 fully saturated rings. The second-order valence-electron chi connectivity index (χ2n) is 11.6. The average molecular weight is 605 g/mol. The van der Waals surface area contributed by atoms with E-state index in [9.17, 15) is 17.2 Å². The first-order chi connectivity index (χ1) is 19.9. The number of ether oxygens (including phenoxy) is 1.